The Kier molecular flexibility index (Phi) is 6.22. The van der Waals surface area contributed by atoms with Gasteiger partial charge in [0.1, 0.15) is 0 Å². The first-order valence-electron chi connectivity index (χ1n) is 9.50. The smallest absolute Gasteiger partial charge is 0.239 e. The van der Waals surface area contributed by atoms with Gasteiger partial charge in [-0.15, -0.1) is 11.8 Å². The second-order valence-electron chi connectivity index (χ2n) is 6.56. The highest BCUT2D eigenvalue weighted by molar-refractivity contribution is 8.00. The van der Waals surface area contributed by atoms with Gasteiger partial charge in [0.15, 0.2) is 5.13 Å². The van der Waals surface area contributed by atoms with Crippen molar-refractivity contribution in [2.24, 2.45) is 0 Å². The molecule has 0 fully saturated rings. The predicted molar refractivity (Wildman–Crippen MR) is 122 cm³/mol. The topological polar surface area (TPSA) is 46.1 Å². The molecule has 2 heterocycles. The number of aryl methyl sites for hydroxylation is 1. The van der Waals surface area contributed by atoms with E-state index >= 15 is 0 Å². The molecule has 1 amide bonds. The molecule has 2 aromatic carbocycles. The van der Waals surface area contributed by atoms with E-state index in [0.29, 0.717) is 12.3 Å². The molecule has 0 saturated carbocycles. The Labute approximate surface area is 178 Å². The van der Waals surface area contributed by atoms with Crippen LogP contribution in [0.5, 0.6) is 0 Å². The first-order valence-corrected chi connectivity index (χ1v) is 11.3. The van der Waals surface area contributed by atoms with Gasteiger partial charge in [-0.3, -0.25) is 14.7 Å². The molecule has 6 heteroatoms. The zero-order chi connectivity index (χ0) is 20.1. The predicted octanol–water partition coefficient (Wildman–Crippen LogP) is 5.58. The van der Waals surface area contributed by atoms with E-state index in [9.17, 15) is 4.79 Å². The summed E-state index contributed by atoms with van der Waals surface area (Å²) in [5.41, 5.74) is 3.19. The van der Waals surface area contributed by atoms with Gasteiger partial charge in [-0.2, -0.15) is 0 Å². The largest absolute Gasteiger partial charge is 0.283 e. The highest BCUT2D eigenvalue weighted by Crippen LogP contribution is 2.32. The lowest BCUT2D eigenvalue weighted by Gasteiger charge is -2.19. The highest BCUT2D eigenvalue weighted by atomic mass is 32.2. The van der Waals surface area contributed by atoms with Crippen LogP contribution in [0.3, 0.4) is 0 Å². The zero-order valence-corrected chi connectivity index (χ0v) is 17.7. The molecule has 0 saturated heterocycles. The Morgan fingerprint density at radius 2 is 1.93 bits per heavy atom. The number of thiazole rings is 1. The molecule has 29 heavy (non-hydrogen) atoms. The van der Waals surface area contributed by atoms with Crippen molar-refractivity contribution in [2.45, 2.75) is 24.8 Å². The van der Waals surface area contributed by atoms with Crippen molar-refractivity contribution in [3.63, 3.8) is 0 Å². The van der Waals surface area contributed by atoms with Gasteiger partial charge in [0.25, 0.3) is 0 Å². The summed E-state index contributed by atoms with van der Waals surface area (Å²) in [6.45, 7) is 2.59. The summed E-state index contributed by atoms with van der Waals surface area (Å²) in [7, 11) is 0. The maximum absolute atomic E-state index is 13.2. The Hall–Kier alpha value is -2.70. The van der Waals surface area contributed by atoms with E-state index in [0.717, 1.165) is 32.2 Å². The summed E-state index contributed by atoms with van der Waals surface area (Å²) >= 11 is 3.12. The third kappa shape index (κ3) is 4.66. The van der Waals surface area contributed by atoms with Gasteiger partial charge >= 0.3 is 0 Å². The molecule has 0 atom stereocenters. The molecule has 4 nitrogen and oxygen atoms in total. The molecule has 4 aromatic rings. The molecule has 146 valence electrons. The van der Waals surface area contributed by atoms with E-state index in [1.807, 2.05) is 42.5 Å². The van der Waals surface area contributed by atoms with Crippen LogP contribution in [0.15, 0.2) is 78.0 Å². The number of benzene rings is 2. The van der Waals surface area contributed by atoms with Crippen LogP contribution in [0.25, 0.3) is 10.2 Å². The number of rotatable bonds is 7. The van der Waals surface area contributed by atoms with Crippen molar-refractivity contribution < 1.29 is 4.79 Å². The molecule has 0 radical (unpaired) electrons. The number of carbonyl (C=O) groups is 1. The highest BCUT2D eigenvalue weighted by Gasteiger charge is 2.21. The molecular weight excluding hydrogens is 398 g/mol. The number of carbonyl (C=O) groups excluding carboxylic acids is 1. The standard InChI is InChI=1S/C23H21N3OS2/c1-2-18-9-6-12-20-22(18)25-23(29-20)26(15-17-8-7-13-24-14-17)21(27)16-28-19-10-4-3-5-11-19/h3-14H,2,15-16H2,1H3. The van der Waals surface area contributed by atoms with Gasteiger partial charge in [-0.25, -0.2) is 4.98 Å². The molecule has 0 aliphatic carbocycles. The molecule has 4 rings (SSSR count). The number of hydrogen-bond acceptors (Lipinski definition) is 5. The van der Waals surface area contributed by atoms with Gasteiger partial charge in [0, 0.05) is 17.3 Å². The average molecular weight is 420 g/mol. The van der Waals surface area contributed by atoms with E-state index in [4.69, 9.17) is 4.98 Å². The number of hydrogen-bond donors (Lipinski definition) is 0. The number of para-hydroxylation sites is 1. The lowest BCUT2D eigenvalue weighted by atomic mass is 10.1. The quantitative estimate of drug-likeness (QED) is 0.367. The third-order valence-electron chi connectivity index (χ3n) is 4.57. The Morgan fingerprint density at radius 1 is 1.07 bits per heavy atom. The number of anilines is 1. The van der Waals surface area contributed by atoms with Crippen molar-refractivity contribution >= 4 is 44.4 Å². The fraction of sp³-hybridized carbons (Fsp3) is 0.174. The fourth-order valence-corrected chi connectivity index (χ4v) is 4.90. The van der Waals surface area contributed by atoms with Crippen LogP contribution in [0.1, 0.15) is 18.1 Å². The first-order chi connectivity index (χ1) is 14.2. The van der Waals surface area contributed by atoms with Crippen LogP contribution >= 0.6 is 23.1 Å². The minimum absolute atomic E-state index is 0.0415. The average Bonchev–Trinajstić information content (AvgIpc) is 3.21. The number of thioether (sulfide) groups is 1. The number of nitrogens with zero attached hydrogens (tertiary/aromatic N) is 3. The third-order valence-corrected chi connectivity index (χ3v) is 6.61. The summed E-state index contributed by atoms with van der Waals surface area (Å²) in [6, 6.07) is 20.1. The zero-order valence-electron chi connectivity index (χ0n) is 16.1. The van der Waals surface area contributed by atoms with Gasteiger partial charge in [0.05, 0.1) is 22.5 Å². The number of amides is 1. The van der Waals surface area contributed by atoms with Crippen LogP contribution in [0.4, 0.5) is 5.13 Å². The summed E-state index contributed by atoms with van der Waals surface area (Å²) in [4.78, 5) is 25.1. The van der Waals surface area contributed by atoms with E-state index in [1.54, 1.807) is 40.4 Å². The van der Waals surface area contributed by atoms with Crippen molar-refractivity contribution in [1.29, 1.82) is 0 Å². The summed E-state index contributed by atoms with van der Waals surface area (Å²) in [6.07, 6.45) is 4.46. The van der Waals surface area contributed by atoms with E-state index < -0.39 is 0 Å². The Bertz CT molecular complexity index is 1100. The maximum Gasteiger partial charge on any atom is 0.239 e. The number of aromatic nitrogens is 2. The SMILES string of the molecule is CCc1cccc2sc(N(Cc3cccnc3)C(=O)CSc3ccccc3)nc12. The second-order valence-corrected chi connectivity index (χ2v) is 8.61. The Balaban J connectivity index is 1.63. The normalized spacial score (nSPS) is 10.9. The van der Waals surface area contributed by atoms with E-state index in [1.165, 1.54) is 5.56 Å². The second kappa shape index (κ2) is 9.20. The van der Waals surface area contributed by atoms with Gasteiger partial charge in [-0.05, 0) is 41.8 Å². The molecule has 2 aromatic heterocycles. The molecule has 0 aliphatic heterocycles. The van der Waals surface area contributed by atoms with Crippen molar-refractivity contribution in [2.75, 3.05) is 10.7 Å². The van der Waals surface area contributed by atoms with Crippen LogP contribution in [-0.4, -0.2) is 21.6 Å². The fourth-order valence-electron chi connectivity index (χ4n) is 3.07. The van der Waals surface area contributed by atoms with Crippen molar-refractivity contribution in [3.05, 3.63) is 84.2 Å². The minimum Gasteiger partial charge on any atom is -0.283 e. The molecule has 0 unspecified atom stereocenters. The Morgan fingerprint density at radius 3 is 2.69 bits per heavy atom. The maximum atomic E-state index is 13.2. The van der Waals surface area contributed by atoms with Crippen LogP contribution < -0.4 is 4.90 Å². The number of pyridine rings is 1. The molecule has 0 bridgehead atoms. The van der Waals surface area contributed by atoms with Crippen LogP contribution in [-0.2, 0) is 17.8 Å². The molecule has 0 spiro atoms. The van der Waals surface area contributed by atoms with E-state index in [2.05, 4.69) is 30.1 Å². The summed E-state index contributed by atoms with van der Waals surface area (Å²) < 4.78 is 1.11. The van der Waals surface area contributed by atoms with Crippen LogP contribution in [0.2, 0.25) is 0 Å². The van der Waals surface area contributed by atoms with Gasteiger partial charge in [-0.1, -0.05) is 54.7 Å². The van der Waals surface area contributed by atoms with Gasteiger partial charge < -0.3 is 0 Å². The first kappa shape index (κ1) is 19.6. The van der Waals surface area contributed by atoms with Crippen LogP contribution in [0, 0.1) is 0 Å². The molecular formula is C23H21N3OS2. The molecule has 0 aliphatic rings. The lowest BCUT2D eigenvalue weighted by Crippen LogP contribution is -2.31. The van der Waals surface area contributed by atoms with E-state index in [-0.39, 0.29) is 5.91 Å². The number of fused-ring (bicyclic) bond motifs is 1. The summed E-state index contributed by atoms with van der Waals surface area (Å²) in [5.74, 6) is 0.403. The van der Waals surface area contributed by atoms with Crippen molar-refractivity contribution in [3.8, 4) is 0 Å². The lowest BCUT2D eigenvalue weighted by molar-refractivity contribution is -0.116. The summed E-state index contributed by atoms with van der Waals surface area (Å²) in [5, 5.41) is 0.739. The van der Waals surface area contributed by atoms with Gasteiger partial charge in [0.2, 0.25) is 5.91 Å². The molecule has 0 N–H and O–H groups in total. The van der Waals surface area contributed by atoms with Crippen molar-refractivity contribution in [1.82, 2.24) is 9.97 Å². The minimum atomic E-state index is 0.0415. The monoisotopic (exact) mass is 419 g/mol.